The van der Waals surface area contributed by atoms with E-state index in [-0.39, 0.29) is 12.5 Å². The molecule has 0 aliphatic rings. The number of likely N-dealkylation sites (N-methyl/N-ethyl adjacent to an activating group) is 1. The zero-order chi connectivity index (χ0) is 10.6. The average molecular weight is 205 g/mol. The van der Waals surface area contributed by atoms with Gasteiger partial charge in [-0.1, -0.05) is 0 Å². The van der Waals surface area contributed by atoms with Gasteiger partial charge in [-0.2, -0.15) is 0 Å². The Balaban J connectivity index is 3.01. The zero-order valence-corrected chi connectivity index (χ0v) is 8.88. The minimum absolute atomic E-state index is 0.232. The van der Waals surface area contributed by atoms with E-state index in [1.165, 1.54) is 0 Å². The molecule has 0 saturated heterocycles. The maximum atomic E-state index is 10.8. The molecule has 0 radical (unpaired) electrons. The van der Waals surface area contributed by atoms with Crippen LogP contribution in [-0.4, -0.2) is 53.1 Å². The zero-order valence-electron chi connectivity index (χ0n) is 8.88. The Bertz CT molecular complexity index is 141. The van der Waals surface area contributed by atoms with Crippen LogP contribution in [0.15, 0.2) is 0 Å². The topological polar surface area (TPSA) is 56.8 Å². The van der Waals surface area contributed by atoms with E-state index >= 15 is 0 Å². The van der Waals surface area contributed by atoms with Crippen LogP contribution < -0.4 is 5.32 Å². The van der Waals surface area contributed by atoms with Crippen molar-refractivity contribution >= 4 is 5.97 Å². The molecule has 0 rings (SSSR count). The Labute approximate surface area is 84.7 Å². The molecule has 84 valence electrons. The Morgan fingerprint density at radius 1 is 1.21 bits per heavy atom. The molecule has 0 atom stereocenters. The molecule has 0 heterocycles. The SMILES string of the molecule is CNCC(=O)OCCCOCCOC. The third kappa shape index (κ3) is 9.44. The quantitative estimate of drug-likeness (QED) is 0.417. The summed E-state index contributed by atoms with van der Waals surface area (Å²) in [6, 6.07) is 0. The first-order valence-corrected chi connectivity index (χ1v) is 4.68. The van der Waals surface area contributed by atoms with Gasteiger partial charge in [0.1, 0.15) is 0 Å². The van der Waals surface area contributed by atoms with E-state index in [1.54, 1.807) is 14.2 Å². The molecule has 0 aromatic carbocycles. The van der Waals surface area contributed by atoms with Crippen molar-refractivity contribution < 1.29 is 19.0 Å². The van der Waals surface area contributed by atoms with Gasteiger partial charge in [0.2, 0.25) is 0 Å². The number of methoxy groups -OCH3 is 1. The minimum Gasteiger partial charge on any atom is -0.465 e. The fourth-order valence-corrected chi connectivity index (χ4v) is 0.787. The summed E-state index contributed by atoms with van der Waals surface area (Å²) >= 11 is 0. The smallest absolute Gasteiger partial charge is 0.319 e. The van der Waals surface area contributed by atoms with Crippen LogP contribution in [0.3, 0.4) is 0 Å². The number of carbonyl (C=O) groups is 1. The molecule has 5 nitrogen and oxygen atoms in total. The van der Waals surface area contributed by atoms with Crippen molar-refractivity contribution in [3.05, 3.63) is 0 Å². The molecule has 0 aliphatic carbocycles. The van der Waals surface area contributed by atoms with Gasteiger partial charge in [0.25, 0.3) is 0 Å². The van der Waals surface area contributed by atoms with Crippen LogP contribution in [-0.2, 0) is 19.0 Å². The summed E-state index contributed by atoms with van der Waals surface area (Å²) in [6.07, 6.45) is 0.721. The monoisotopic (exact) mass is 205 g/mol. The first-order chi connectivity index (χ1) is 6.81. The van der Waals surface area contributed by atoms with Crippen molar-refractivity contribution in [2.24, 2.45) is 0 Å². The standard InChI is InChI=1S/C9H19NO4/c1-10-8-9(11)14-5-3-4-13-7-6-12-2/h10H,3-8H2,1-2H3. The van der Waals surface area contributed by atoms with E-state index in [4.69, 9.17) is 14.2 Å². The molecule has 1 N–H and O–H groups in total. The second-order valence-corrected chi connectivity index (χ2v) is 2.71. The summed E-state index contributed by atoms with van der Waals surface area (Å²) < 4.78 is 14.9. The average Bonchev–Trinajstić information content (AvgIpc) is 2.17. The Morgan fingerprint density at radius 3 is 2.64 bits per heavy atom. The number of hydrogen-bond acceptors (Lipinski definition) is 5. The van der Waals surface area contributed by atoms with Crippen molar-refractivity contribution in [1.82, 2.24) is 5.32 Å². The van der Waals surface area contributed by atoms with Crippen LogP contribution in [0.1, 0.15) is 6.42 Å². The van der Waals surface area contributed by atoms with E-state index in [9.17, 15) is 4.79 Å². The Kier molecular flexibility index (Phi) is 9.95. The highest BCUT2D eigenvalue weighted by molar-refractivity contribution is 5.71. The van der Waals surface area contributed by atoms with Crippen molar-refractivity contribution in [1.29, 1.82) is 0 Å². The normalized spacial score (nSPS) is 10.1. The maximum Gasteiger partial charge on any atom is 0.319 e. The lowest BCUT2D eigenvalue weighted by atomic mass is 10.5. The van der Waals surface area contributed by atoms with Gasteiger partial charge in [-0.3, -0.25) is 4.79 Å². The van der Waals surface area contributed by atoms with E-state index in [0.29, 0.717) is 26.4 Å². The van der Waals surface area contributed by atoms with Gasteiger partial charge in [0.15, 0.2) is 0 Å². The summed E-state index contributed by atoms with van der Waals surface area (Å²) in [5.74, 6) is -0.232. The van der Waals surface area contributed by atoms with Crippen LogP contribution in [0, 0.1) is 0 Å². The number of rotatable bonds is 9. The molecule has 14 heavy (non-hydrogen) atoms. The molecule has 0 spiro atoms. The summed E-state index contributed by atoms with van der Waals surface area (Å²) in [7, 11) is 3.33. The van der Waals surface area contributed by atoms with Gasteiger partial charge in [-0.05, 0) is 7.05 Å². The second kappa shape index (κ2) is 10.4. The lowest BCUT2D eigenvalue weighted by molar-refractivity contribution is -0.142. The highest BCUT2D eigenvalue weighted by atomic mass is 16.5. The van der Waals surface area contributed by atoms with E-state index in [0.717, 1.165) is 6.42 Å². The number of carbonyl (C=O) groups excluding carboxylic acids is 1. The highest BCUT2D eigenvalue weighted by Gasteiger charge is 1.98. The maximum absolute atomic E-state index is 10.8. The lowest BCUT2D eigenvalue weighted by Crippen LogP contribution is -2.21. The van der Waals surface area contributed by atoms with Crippen LogP contribution in [0.4, 0.5) is 0 Å². The van der Waals surface area contributed by atoms with E-state index < -0.39 is 0 Å². The Hall–Kier alpha value is -0.650. The van der Waals surface area contributed by atoms with Gasteiger partial charge in [0, 0.05) is 20.1 Å². The molecule has 0 fully saturated rings. The first kappa shape index (κ1) is 13.4. The van der Waals surface area contributed by atoms with Crippen LogP contribution >= 0.6 is 0 Å². The van der Waals surface area contributed by atoms with E-state index in [1.807, 2.05) is 0 Å². The van der Waals surface area contributed by atoms with Crippen molar-refractivity contribution in [2.75, 3.05) is 47.1 Å². The molecule has 0 aromatic rings. The predicted octanol–water partition coefficient (Wildman–Crippen LogP) is -0.198. The van der Waals surface area contributed by atoms with Gasteiger partial charge in [0.05, 0.1) is 26.4 Å². The third-order valence-corrected chi connectivity index (χ3v) is 1.45. The fourth-order valence-electron chi connectivity index (χ4n) is 0.787. The summed E-state index contributed by atoms with van der Waals surface area (Å²) in [5.41, 5.74) is 0. The summed E-state index contributed by atoms with van der Waals surface area (Å²) in [5, 5.41) is 2.71. The van der Waals surface area contributed by atoms with Crippen molar-refractivity contribution in [3.63, 3.8) is 0 Å². The lowest BCUT2D eigenvalue weighted by Gasteiger charge is -2.05. The number of nitrogens with one attached hydrogen (secondary N) is 1. The largest absolute Gasteiger partial charge is 0.465 e. The second-order valence-electron chi connectivity index (χ2n) is 2.71. The third-order valence-electron chi connectivity index (χ3n) is 1.45. The summed E-state index contributed by atoms with van der Waals surface area (Å²) in [4.78, 5) is 10.8. The fraction of sp³-hybridized carbons (Fsp3) is 0.889. The molecular weight excluding hydrogens is 186 g/mol. The summed E-state index contributed by atoms with van der Waals surface area (Å²) in [6.45, 7) is 2.44. The van der Waals surface area contributed by atoms with Crippen LogP contribution in [0.2, 0.25) is 0 Å². The van der Waals surface area contributed by atoms with Gasteiger partial charge in [-0.25, -0.2) is 0 Å². The highest BCUT2D eigenvalue weighted by Crippen LogP contribution is 1.86. The molecular formula is C9H19NO4. The molecule has 0 amide bonds. The molecule has 0 unspecified atom stereocenters. The van der Waals surface area contributed by atoms with Crippen molar-refractivity contribution in [2.45, 2.75) is 6.42 Å². The predicted molar refractivity (Wildman–Crippen MR) is 52.2 cm³/mol. The van der Waals surface area contributed by atoms with Gasteiger partial charge < -0.3 is 19.5 Å². The number of esters is 1. The molecule has 0 bridgehead atoms. The Morgan fingerprint density at radius 2 is 2.00 bits per heavy atom. The van der Waals surface area contributed by atoms with Crippen molar-refractivity contribution in [3.8, 4) is 0 Å². The molecule has 0 saturated carbocycles. The van der Waals surface area contributed by atoms with Crippen LogP contribution in [0.25, 0.3) is 0 Å². The number of hydrogen-bond donors (Lipinski definition) is 1. The van der Waals surface area contributed by atoms with Gasteiger partial charge in [-0.15, -0.1) is 0 Å². The molecule has 0 aromatic heterocycles. The molecule has 5 heteroatoms. The van der Waals surface area contributed by atoms with E-state index in [2.05, 4.69) is 5.32 Å². The minimum atomic E-state index is -0.232. The first-order valence-electron chi connectivity index (χ1n) is 4.68. The van der Waals surface area contributed by atoms with Crippen LogP contribution in [0.5, 0.6) is 0 Å². The molecule has 0 aliphatic heterocycles. The van der Waals surface area contributed by atoms with Gasteiger partial charge >= 0.3 is 5.97 Å². The number of ether oxygens (including phenoxy) is 3.